The van der Waals surface area contributed by atoms with Crippen LogP contribution in [0.3, 0.4) is 0 Å². The topological polar surface area (TPSA) is 96.4 Å². The summed E-state index contributed by atoms with van der Waals surface area (Å²) in [6.07, 6.45) is -0.721. The van der Waals surface area contributed by atoms with Crippen molar-refractivity contribution in [3.63, 3.8) is 0 Å². The van der Waals surface area contributed by atoms with Crippen LogP contribution in [0.15, 0.2) is 12.1 Å². The van der Waals surface area contributed by atoms with Crippen LogP contribution in [-0.2, 0) is 0 Å². The first-order valence-corrected chi connectivity index (χ1v) is 5.72. The predicted molar refractivity (Wildman–Crippen MR) is 67.7 cm³/mol. The molecule has 0 amide bonds. The Labute approximate surface area is 111 Å². The fourth-order valence-electron chi connectivity index (χ4n) is 1.13. The molecule has 0 spiro atoms. The van der Waals surface area contributed by atoms with Gasteiger partial charge in [0.25, 0.3) is 0 Å². The lowest BCUT2D eigenvalue weighted by Crippen LogP contribution is -2.14. The van der Waals surface area contributed by atoms with Gasteiger partial charge in [-0.25, -0.2) is 0 Å². The van der Waals surface area contributed by atoms with Gasteiger partial charge in [0.15, 0.2) is 0 Å². The summed E-state index contributed by atoms with van der Waals surface area (Å²) in [5.41, 5.74) is -0.0698. The van der Waals surface area contributed by atoms with Crippen molar-refractivity contribution in [3.8, 4) is 11.8 Å². The number of ether oxygens (including phenoxy) is 1. The maximum atomic E-state index is 10.8. The highest BCUT2D eigenvalue weighted by atomic mass is 127. The molecule has 0 aliphatic carbocycles. The summed E-state index contributed by atoms with van der Waals surface area (Å²) in [7, 11) is 0. The number of nitriles is 1. The van der Waals surface area contributed by atoms with Gasteiger partial charge < -0.3 is 9.84 Å². The highest BCUT2D eigenvalue weighted by Gasteiger charge is 2.20. The zero-order chi connectivity index (χ0) is 13.0. The molecule has 1 aromatic rings. The van der Waals surface area contributed by atoms with Crippen LogP contribution < -0.4 is 4.74 Å². The average Bonchev–Trinajstić information content (AvgIpc) is 2.25. The quantitative estimate of drug-likeness (QED) is 0.509. The van der Waals surface area contributed by atoms with E-state index in [0.717, 1.165) is 6.07 Å². The number of nitro groups is 1. The summed E-state index contributed by atoms with van der Waals surface area (Å²) >= 11 is 1.85. The number of hydrogen-bond donors (Lipinski definition) is 1. The normalized spacial score (nSPS) is 11.6. The van der Waals surface area contributed by atoms with E-state index in [1.54, 1.807) is 0 Å². The molecule has 1 aromatic carbocycles. The van der Waals surface area contributed by atoms with Crippen LogP contribution >= 0.6 is 22.6 Å². The lowest BCUT2D eigenvalue weighted by atomic mass is 10.2. The fraction of sp³-hybridized carbons (Fsp3) is 0.300. The van der Waals surface area contributed by atoms with Gasteiger partial charge >= 0.3 is 5.69 Å². The van der Waals surface area contributed by atoms with E-state index in [9.17, 15) is 10.1 Å². The second-order valence-electron chi connectivity index (χ2n) is 3.34. The predicted octanol–water partition coefficient (Wildman–Crippen LogP) is 1.83. The lowest BCUT2D eigenvalue weighted by molar-refractivity contribution is -0.386. The molecule has 0 aliphatic rings. The van der Waals surface area contributed by atoms with E-state index >= 15 is 0 Å². The van der Waals surface area contributed by atoms with Gasteiger partial charge in [0, 0.05) is 6.07 Å². The summed E-state index contributed by atoms with van der Waals surface area (Å²) in [4.78, 5) is 10.2. The Balaban J connectivity index is 3.18. The SMILES string of the molecule is C[C@H](O)COc1c(I)cc(C#N)cc1[N+](=O)[O-]. The van der Waals surface area contributed by atoms with Crippen LogP contribution in [-0.4, -0.2) is 22.7 Å². The molecule has 6 nitrogen and oxygen atoms in total. The minimum atomic E-state index is -0.721. The lowest BCUT2D eigenvalue weighted by Gasteiger charge is -2.10. The van der Waals surface area contributed by atoms with Crippen LogP contribution in [0.25, 0.3) is 0 Å². The van der Waals surface area contributed by atoms with E-state index in [-0.39, 0.29) is 23.6 Å². The van der Waals surface area contributed by atoms with E-state index in [1.807, 2.05) is 28.7 Å². The Hall–Kier alpha value is -1.40. The number of aliphatic hydroxyl groups excluding tert-OH is 1. The van der Waals surface area contributed by atoms with Crippen LogP contribution in [0.5, 0.6) is 5.75 Å². The summed E-state index contributed by atoms with van der Waals surface area (Å²) in [6.45, 7) is 1.48. The van der Waals surface area contributed by atoms with Crippen LogP contribution in [0.2, 0.25) is 0 Å². The smallest absolute Gasteiger partial charge is 0.313 e. The van der Waals surface area contributed by atoms with Crippen molar-refractivity contribution in [1.82, 2.24) is 0 Å². The van der Waals surface area contributed by atoms with Crippen molar-refractivity contribution in [2.24, 2.45) is 0 Å². The molecular weight excluding hydrogens is 339 g/mol. The molecule has 90 valence electrons. The number of hydrogen-bond acceptors (Lipinski definition) is 5. The maximum absolute atomic E-state index is 10.8. The molecule has 0 fully saturated rings. The fourth-order valence-corrected chi connectivity index (χ4v) is 1.89. The largest absolute Gasteiger partial charge is 0.483 e. The van der Waals surface area contributed by atoms with Gasteiger partial charge in [-0.05, 0) is 35.6 Å². The molecule has 1 atom stereocenters. The molecule has 0 unspecified atom stereocenters. The molecule has 7 heteroatoms. The van der Waals surface area contributed by atoms with Gasteiger partial charge in [0.2, 0.25) is 5.75 Å². The Bertz CT molecular complexity index is 482. The van der Waals surface area contributed by atoms with Gasteiger partial charge in [-0.15, -0.1) is 0 Å². The first kappa shape index (κ1) is 13.7. The minimum Gasteiger partial charge on any atom is -0.483 e. The summed E-state index contributed by atoms with van der Waals surface area (Å²) in [5.74, 6) is 0.0792. The second-order valence-corrected chi connectivity index (χ2v) is 4.50. The minimum absolute atomic E-state index is 0.0389. The standard InChI is InChI=1S/C10H9IN2O4/c1-6(14)5-17-10-8(11)2-7(4-12)3-9(10)13(15)16/h2-3,6,14H,5H2,1H3/t6-/m0/s1. The number of nitrogens with zero attached hydrogens (tertiary/aromatic N) is 2. The third kappa shape index (κ3) is 3.54. The summed E-state index contributed by atoms with van der Waals surface area (Å²) in [6, 6.07) is 4.48. The van der Waals surface area contributed by atoms with Gasteiger partial charge in [-0.3, -0.25) is 10.1 Å². The van der Waals surface area contributed by atoms with Gasteiger partial charge in [0.1, 0.15) is 6.61 Å². The maximum Gasteiger partial charge on any atom is 0.313 e. The van der Waals surface area contributed by atoms with Crippen LogP contribution in [0.4, 0.5) is 5.69 Å². The van der Waals surface area contributed by atoms with Crippen molar-refractivity contribution in [2.75, 3.05) is 6.61 Å². The van der Waals surface area contributed by atoms with Crippen LogP contribution in [0, 0.1) is 25.0 Å². The monoisotopic (exact) mass is 348 g/mol. The van der Waals surface area contributed by atoms with E-state index < -0.39 is 11.0 Å². The van der Waals surface area contributed by atoms with Crippen molar-refractivity contribution < 1.29 is 14.8 Å². The second kappa shape index (κ2) is 5.79. The Morgan fingerprint density at radius 1 is 1.71 bits per heavy atom. The summed E-state index contributed by atoms with van der Waals surface area (Å²) < 4.78 is 5.65. The van der Waals surface area contributed by atoms with E-state index in [4.69, 9.17) is 15.1 Å². The molecule has 17 heavy (non-hydrogen) atoms. The zero-order valence-electron chi connectivity index (χ0n) is 8.88. The van der Waals surface area contributed by atoms with Crippen molar-refractivity contribution in [2.45, 2.75) is 13.0 Å². The Morgan fingerprint density at radius 3 is 2.82 bits per heavy atom. The number of aliphatic hydroxyl groups is 1. The molecule has 0 aliphatic heterocycles. The number of nitro benzene ring substituents is 1. The van der Waals surface area contributed by atoms with E-state index in [0.29, 0.717) is 3.57 Å². The molecule has 1 rings (SSSR count). The Kier molecular flexibility index (Phi) is 4.65. The highest BCUT2D eigenvalue weighted by molar-refractivity contribution is 14.1. The van der Waals surface area contributed by atoms with E-state index in [1.165, 1.54) is 13.0 Å². The molecular formula is C10H9IN2O4. The van der Waals surface area contributed by atoms with Crippen molar-refractivity contribution in [3.05, 3.63) is 31.4 Å². The molecule has 0 radical (unpaired) electrons. The zero-order valence-corrected chi connectivity index (χ0v) is 11.0. The van der Waals surface area contributed by atoms with Crippen molar-refractivity contribution >= 4 is 28.3 Å². The summed E-state index contributed by atoms with van der Waals surface area (Å²) in [5, 5.41) is 28.6. The molecule has 1 N–H and O–H groups in total. The van der Waals surface area contributed by atoms with E-state index in [2.05, 4.69) is 0 Å². The third-order valence-electron chi connectivity index (χ3n) is 1.82. The average molecular weight is 348 g/mol. The molecule has 0 saturated heterocycles. The van der Waals surface area contributed by atoms with Crippen molar-refractivity contribution in [1.29, 1.82) is 5.26 Å². The highest BCUT2D eigenvalue weighted by Crippen LogP contribution is 2.33. The molecule has 0 bridgehead atoms. The van der Waals surface area contributed by atoms with Gasteiger partial charge in [0.05, 0.1) is 26.2 Å². The number of benzene rings is 1. The first-order valence-electron chi connectivity index (χ1n) is 4.64. The number of rotatable bonds is 4. The molecule has 0 aromatic heterocycles. The van der Waals surface area contributed by atoms with Crippen LogP contribution in [0.1, 0.15) is 12.5 Å². The molecule has 0 heterocycles. The van der Waals surface area contributed by atoms with Gasteiger partial charge in [-0.2, -0.15) is 5.26 Å². The molecule has 0 saturated carbocycles. The number of halogens is 1. The Morgan fingerprint density at radius 2 is 2.35 bits per heavy atom. The third-order valence-corrected chi connectivity index (χ3v) is 2.62. The first-order chi connectivity index (χ1) is 7.95. The van der Waals surface area contributed by atoms with Gasteiger partial charge in [-0.1, -0.05) is 0 Å².